The Morgan fingerprint density at radius 1 is 1.27 bits per heavy atom. The maximum absolute atomic E-state index is 11.0. The second-order valence-corrected chi connectivity index (χ2v) is 3.46. The van der Waals surface area contributed by atoms with Crippen molar-refractivity contribution in [2.75, 3.05) is 0 Å². The highest BCUT2D eigenvalue weighted by atomic mass is 16.1. The molecular formula is C13H13NO. The summed E-state index contributed by atoms with van der Waals surface area (Å²) >= 11 is 0. The molecule has 2 rings (SSSR count). The molecule has 0 aromatic rings. The maximum atomic E-state index is 11.0. The summed E-state index contributed by atoms with van der Waals surface area (Å²) in [5.74, 6) is 0.0562. The third-order valence-electron chi connectivity index (χ3n) is 2.50. The first-order chi connectivity index (χ1) is 7.31. The minimum atomic E-state index is 0.0562. The molecule has 0 saturated heterocycles. The van der Waals surface area contributed by atoms with Crippen molar-refractivity contribution in [2.24, 2.45) is 0 Å². The van der Waals surface area contributed by atoms with Gasteiger partial charge in [0.05, 0.1) is 0 Å². The van der Waals surface area contributed by atoms with Gasteiger partial charge < -0.3 is 5.32 Å². The van der Waals surface area contributed by atoms with Gasteiger partial charge in [-0.3, -0.25) is 4.79 Å². The molecule has 0 aromatic heterocycles. The van der Waals surface area contributed by atoms with Gasteiger partial charge in [0.25, 0.3) is 0 Å². The number of allylic oxidation sites excluding steroid dienone is 8. The minimum absolute atomic E-state index is 0.0562. The number of nitrogens with one attached hydrogen (secondary N) is 1. The number of rotatable bonds is 0. The van der Waals surface area contributed by atoms with Crippen LogP contribution in [0, 0.1) is 0 Å². The van der Waals surface area contributed by atoms with Crippen molar-refractivity contribution in [2.45, 2.75) is 13.3 Å². The Balaban J connectivity index is 2.40. The first-order valence-corrected chi connectivity index (χ1v) is 5.03. The molecule has 2 nitrogen and oxygen atoms in total. The van der Waals surface area contributed by atoms with Crippen LogP contribution in [0.25, 0.3) is 0 Å². The van der Waals surface area contributed by atoms with Crippen LogP contribution >= 0.6 is 0 Å². The van der Waals surface area contributed by atoms with Crippen LogP contribution in [0.5, 0.6) is 0 Å². The Kier molecular flexibility index (Phi) is 2.68. The van der Waals surface area contributed by atoms with E-state index >= 15 is 0 Å². The predicted molar refractivity (Wildman–Crippen MR) is 61.0 cm³/mol. The lowest BCUT2D eigenvalue weighted by atomic mass is 9.96. The first kappa shape index (κ1) is 9.71. The third kappa shape index (κ3) is 1.99. The Bertz CT molecular complexity index is 415. The molecule has 2 heteroatoms. The smallest absolute Gasteiger partial charge is 0.178 e. The molecule has 0 amide bonds. The SMILES string of the molecule is CC=C1NC=CCC1=C1C=CC(=O)C=C1. The van der Waals surface area contributed by atoms with E-state index in [1.165, 1.54) is 5.57 Å². The second kappa shape index (κ2) is 4.13. The van der Waals surface area contributed by atoms with Gasteiger partial charge in [-0.25, -0.2) is 0 Å². The van der Waals surface area contributed by atoms with Crippen LogP contribution < -0.4 is 5.32 Å². The van der Waals surface area contributed by atoms with Crippen molar-refractivity contribution >= 4 is 5.78 Å². The lowest BCUT2D eigenvalue weighted by molar-refractivity contribution is -0.110. The molecule has 1 aliphatic carbocycles. The molecule has 0 saturated carbocycles. The second-order valence-electron chi connectivity index (χ2n) is 3.46. The van der Waals surface area contributed by atoms with Crippen molar-refractivity contribution < 1.29 is 4.79 Å². The zero-order chi connectivity index (χ0) is 10.7. The van der Waals surface area contributed by atoms with Crippen molar-refractivity contribution in [1.29, 1.82) is 0 Å². The van der Waals surface area contributed by atoms with Gasteiger partial charge in [0, 0.05) is 5.70 Å². The average molecular weight is 199 g/mol. The van der Waals surface area contributed by atoms with Crippen LogP contribution in [0.4, 0.5) is 0 Å². The lowest BCUT2D eigenvalue weighted by Crippen LogP contribution is -2.13. The Morgan fingerprint density at radius 2 is 2.00 bits per heavy atom. The summed E-state index contributed by atoms with van der Waals surface area (Å²) in [6.45, 7) is 2.00. The fourth-order valence-corrected chi connectivity index (χ4v) is 1.71. The number of hydrogen-bond acceptors (Lipinski definition) is 2. The van der Waals surface area contributed by atoms with Crippen molar-refractivity contribution in [3.05, 3.63) is 59.5 Å². The number of carbonyl (C=O) groups excluding carboxylic acids is 1. The van der Waals surface area contributed by atoms with Crippen LogP contribution in [-0.4, -0.2) is 5.78 Å². The summed E-state index contributed by atoms with van der Waals surface area (Å²) in [6.07, 6.45) is 13.9. The van der Waals surface area contributed by atoms with Gasteiger partial charge in [0.1, 0.15) is 0 Å². The van der Waals surface area contributed by atoms with Gasteiger partial charge >= 0.3 is 0 Å². The highest BCUT2D eigenvalue weighted by molar-refractivity contribution is 6.01. The van der Waals surface area contributed by atoms with Gasteiger partial charge in [0.15, 0.2) is 5.78 Å². The first-order valence-electron chi connectivity index (χ1n) is 5.03. The Labute approximate surface area is 89.4 Å². The molecule has 0 atom stereocenters. The molecule has 76 valence electrons. The summed E-state index contributed by atoms with van der Waals surface area (Å²) in [4.78, 5) is 11.0. The predicted octanol–water partition coefficient (Wildman–Crippen LogP) is 2.39. The standard InChI is InChI=1S/C13H13NO/c1-2-13-12(4-3-9-14-13)10-5-7-11(15)8-6-10/h2-3,5-9,14H,4H2,1H3. The largest absolute Gasteiger partial charge is 0.362 e. The molecular weight excluding hydrogens is 186 g/mol. The third-order valence-corrected chi connectivity index (χ3v) is 2.50. The summed E-state index contributed by atoms with van der Waals surface area (Å²) in [6, 6.07) is 0. The quantitative estimate of drug-likeness (QED) is 0.649. The van der Waals surface area contributed by atoms with E-state index in [2.05, 4.69) is 11.4 Å². The van der Waals surface area contributed by atoms with Crippen LogP contribution in [0.15, 0.2) is 59.5 Å². The highest BCUT2D eigenvalue weighted by Crippen LogP contribution is 2.23. The average Bonchev–Trinajstić information content (AvgIpc) is 2.30. The van der Waals surface area contributed by atoms with E-state index in [4.69, 9.17) is 0 Å². The highest BCUT2D eigenvalue weighted by Gasteiger charge is 2.11. The van der Waals surface area contributed by atoms with E-state index < -0.39 is 0 Å². The van der Waals surface area contributed by atoms with Crippen LogP contribution in [-0.2, 0) is 4.79 Å². The van der Waals surface area contributed by atoms with Gasteiger partial charge in [-0.15, -0.1) is 0 Å². The van der Waals surface area contributed by atoms with E-state index in [0.29, 0.717) is 0 Å². The number of ketones is 1. The molecule has 15 heavy (non-hydrogen) atoms. The van der Waals surface area contributed by atoms with Crippen molar-refractivity contribution in [1.82, 2.24) is 5.32 Å². The molecule has 0 unspecified atom stereocenters. The van der Waals surface area contributed by atoms with Crippen molar-refractivity contribution in [3.8, 4) is 0 Å². The lowest BCUT2D eigenvalue weighted by Gasteiger charge is -2.18. The monoisotopic (exact) mass is 199 g/mol. The molecule has 0 aromatic carbocycles. The van der Waals surface area contributed by atoms with E-state index in [9.17, 15) is 4.79 Å². The van der Waals surface area contributed by atoms with E-state index in [0.717, 1.165) is 17.7 Å². The van der Waals surface area contributed by atoms with Gasteiger partial charge in [-0.2, -0.15) is 0 Å². The van der Waals surface area contributed by atoms with E-state index in [-0.39, 0.29) is 5.78 Å². The number of carbonyl (C=O) groups is 1. The Hall–Kier alpha value is -1.83. The summed E-state index contributed by atoms with van der Waals surface area (Å²) in [5, 5.41) is 3.20. The van der Waals surface area contributed by atoms with Crippen LogP contribution in [0.3, 0.4) is 0 Å². The zero-order valence-electron chi connectivity index (χ0n) is 8.66. The molecule has 0 radical (unpaired) electrons. The minimum Gasteiger partial charge on any atom is -0.362 e. The van der Waals surface area contributed by atoms with Crippen LogP contribution in [0.2, 0.25) is 0 Å². The van der Waals surface area contributed by atoms with Gasteiger partial charge in [-0.1, -0.05) is 24.3 Å². The molecule has 1 aliphatic heterocycles. The van der Waals surface area contributed by atoms with Crippen LogP contribution in [0.1, 0.15) is 13.3 Å². The van der Waals surface area contributed by atoms with E-state index in [1.54, 1.807) is 12.2 Å². The molecule has 1 N–H and O–H groups in total. The fourth-order valence-electron chi connectivity index (χ4n) is 1.71. The van der Waals surface area contributed by atoms with Gasteiger partial charge in [-0.05, 0) is 42.8 Å². The molecule has 1 heterocycles. The van der Waals surface area contributed by atoms with Gasteiger partial charge in [0.2, 0.25) is 0 Å². The summed E-state index contributed by atoms with van der Waals surface area (Å²) < 4.78 is 0. The molecule has 0 spiro atoms. The summed E-state index contributed by atoms with van der Waals surface area (Å²) in [5.41, 5.74) is 3.47. The Morgan fingerprint density at radius 3 is 2.67 bits per heavy atom. The normalized spacial score (nSPS) is 22.5. The molecule has 2 aliphatic rings. The fraction of sp³-hybridized carbons (Fsp3) is 0.154. The number of hydrogen-bond donors (Lipinski definition) is 1. The maximum Gasteiger partial charge on any atom is 0.178 e. The molecule has 0 bridgehead atoms. The molecule has 0 fully saturated rings. The summed E-state index contributed by atoms with van der Waals surface area (Å²) in [7, 11) is 0. The topological polar surface area (TPSA) is 29.1 Å². The zero-order valence-corrected chi connectivity index (χ0v) is 8.66. The van der Waals surface area contributed by atoms with E-state index in [1.807, 2.05) is 31.4 Å². The van der Waals surface area contributed by atoms with Crippen molar-refractivity contribution in [3.63, 3.8) is 0 Å².